The molecule has 0 spiro atoms. The second-order valence-corrected chi connectivity index (χ2v) is 5.11. The van der Waals surface area contributed by atoms with E-state index in [0.29, 0.717) is 12.1 Å². The normalized spacial score (nSPS) is 11.7. The van der Waals surface area contributed by atoms with Gasteiger partial charge in [-0.15, -0.1) is 0 Å². The van der Waals surface area contributed by atoms with Crippen molar-refractivity contribution in [3.05, 3.63) is 71.5 Å². The molecule has 0 atom stereocenters. The van der Waals surface area contributed by atoms with E-state index < -0.39 is 46.5 Å². The zero-order chi connectivity index (χ0) is 19.1. The molecule has 0 radical (unpaired) electrons. The van der Waals surface area contributed by atoms with Crippen molar-refractivity contribution < 1.29 is 39.9 Å². The Labute approximate surface area is 141 Å². The Morgan fingerprint density at radius 3 is 1.96 bits per heavy atom. The quantitative estimate of drug-likeness (QED) is 0.500. The van der Waals surface area contributed by atoms with E-state index in [0.717, 1.165) is 0 Å². The Bertz CT molecular complexity index is 923. The summed E-state index contributed by atoms with van der Waals surface area (Å²) in [6.45, 7) is 0. The van der Waals surface area contributed by atoms with E-state index >= 15 is 0 Å². The van der Waals surface area contributed by atoms with Crippen molar-refractivity contribution in [2.75, 3.05) is 0 Å². The second kappa shape index (κ2) is 6.40. The molecule has 0 fully saturated rings. The fraction of sp³-hybridized carbons (Fsp3) is 0.0588. The van der Waals surface area contributed by atoms with Gasteiger partial charge in [0, 0.05) is 6.07 Å². The summed E-state index contributed by atoms with van der Waals surface area (Å²) in [4.78, 5) is 0. The highest BCUT2D eigenvalue weighted by molar-refractivity contribution is 5.66. The predicted octanol–water partition coefficient (Wildman–Crippen LogP) is 6.31. The van der Waals surface area contributed by atoms with E-state index in [-0.39, 0.29) is 23.5 Å². The zero-order valence-electron chi connectivity index (χ0n) is 12.5. The van der Waals surface area contributed by atoms with Crippen LogP contribution in [0.25, 0.3) is 11.3 Å². The fourth-order valence-electron chi connectivity index (χ4n) is 2.17. The van der Waals surface area contributed by atoms with Crippen molar-refractivity contribution in [1.29, 1.82) is 0 Å². The van der Waals surface area contributed by atoms with E-state index in [2.05, 4.69) is 0 Å². The van der Waals surface area contributed by atoms with Gasteiger partial charge in [-0.25, -0.2) is 17.6 Å². The van der Waals surface area contributed by atoms with E-state index in [1.807, 2.05) is 0 Å². The minimum atomic E-state index is -4.97. The molecule has 0 aliphatic rings. The molecule has 9 heteroatoms. The molecule has 26 heavy (non-hydrogen) atoms. The Hall–Kier alpha value is -2.97. The van der Waals surface area contributed by atoms with Gasteiger partial charge in [-0.05, 0) is 30.3 Å². The van der Waals surface area contributed by atoms with E-state index in [1.165, 1.54) is 18.4 Å². The number of benzene rings is 2. The average molecular weight is 376 g/mol. The number of furan rings is 1. The van der Waals surface area contributed by atoms with Gasteiger partial charge in [0.1, 0.15) is 11.5 Å². The molecule has 0 unspecified atom stereocenters. The SMILES string of the molecule is Fc1cc(Oc2c(F)cc(C(F)(F)F)cc2F)c(-c2ccco2)cc1F. The average Bonchev–Trinajstić information content (AvgIpc) is 3.07. The second-order valence-electron chi connectivity index (χ2n) is 5.11. The third-order valence-corrected chi connectivity index (χ3v) is 3.35. The summed E-state index contributed by atoms with van der Waals surface area (Å²) in [5.41, 5.74) is -1.75. The van der Waals surface area contributed by atoms with E-state index in [1.54, 1.807) is 0 Å². The lowest BCUT2D eigenvalue weighted by Crippen LogP contribution is -2.07. The lowest BCUT2D eigenvalue weighted by Gasteiger charge is -2.14. The molecule has 0 aliphatic heterocycles. The molecule has 3 rings (SSSR count). The van der Waals surface area contributed by atoms with Gasteiger partial charge >= 0.3 is 6.18 Å². The molecule has 0 N–H and O–H groups in total. The summed E-state index contributed by atoms with van der Waals surface area (Å²) in [6, 6.07) is 4.00. The van der Waals surface area contributed by atoms with Crippen molar-refractivity contribution in [3.8, 4) is 22.8 Å². The van der Waals surface area contributed by atoms with Crippen molar-refractivity contribution in [2.45, 2.75) is 6.18 Å². The van der Waals surface area contributed by atoms with Gasteiger partial charge in [-0.2, -0.15) is 13.2 Å². The first-order valence-corrected chi connectivity index (χ1v) is 6.94. The maximum Gasteiger partial charge on any atom is 0.416 e. The molecule has 136 valence electrons. The standard InChI is InChI=1S/C17H7F7O2/c18-10-6-9(14-2-1-3-25-14)15(7-11(10)19)26-16-12(20)4-8(5-13(16)21)17(22,23)24/h1-7H. The summed E-state index contributed by atoms with van der Waals surface area (Å²) in [5, 5.41) is 0. The number of hydrogen-bond acceptors (Lipinski definition) is 2. The first-order valence-electron chi connectivity index (χ1n) is 6.94. The van der Waals surface area contributed by atoms with Gasteiger partial charge in [0.15, 0.2) is 29.0 Å². The summed E-state index contributed by atoms with van der Waals surface area (Å²) < 4.78 is 102. The van der Waals surface area contributed by atoms with Crippen LogP contribution in [0.5, 0.6) is 11.5 Å². The number of hydrogen-bond donors (Lipinski definition) is 0. The van der Waals surface area contributed by atoms with E-state index in [9.17, 15) is 30.7 Å². The molecule has 0 saturated carbocycles. The highest BCUT2D eigenvalue weighted by Gasteiger charge is 2.33. The van der Waals surface area contributed by atoms with Crippen LogP contribution in [0.4, 0.5) is 30.7 Å². The molecule has 1 aromatic heterocycles. The molecule has 2 aromatic carbocycles. The maximum absolute atomic E-state index is 13.9. The van der Waals surface area contributed by atoms with Crippen molar-refractivity contribution in [2.24, 2.45) is 0 Å². The monoisotopic (exact) mass is 376 g/mol. The maximum atomic E-state index is 13.9. The lowest BCUT2D eigenvalue weighted by molar-refractivity contribution is -0.138. The van der Waals surface area contributed by atoms with E-state index in [4.69, 9.17) is 9.15 Å². The van der Waals surface area contributed by atoms with Crippen LogP contribution in [-0.4, -0.2) is 0 Å². The topological polar surface area (TPSA) is 22.4 Å². The summed E-state index contributed by atoms with van der Waals surface area (Å²) >= 11 is 0. The molecule has 0 amide bonds. The lowest BCUT2D eigenvalue weighted by atomic mass is 10.1. The summed E-state index contributed by atoms with van der Waals surface area (Å²) in [6.07, 6.45) is -3.76. The van der Waals surface area contributed by atoms with Gasteiger partial charge < -0.3 is 9.15 Å². The fourth-order valence-corrected chi connectivity index (χ4v) is 2.17. The first kappa shape index (κ1) is 17.8. The van der Waals surface area contributed by atoms with Gasteiger partial charge in [-0.1, -0.05) is 0 Å². The first-order chi connectivity index (χ1) is 12.2. The van der Waals surface area contributed by atoms with Crippen LogP contribution in [0.1, 0.15) is 5.56 Å². The molecule has 0 saturated heterocycles. The van der Waals surface area contributed by atoms with Crippen LogP contribution in [0, 0.1) is 23.3 Å². The van der Waals surface area contributed by atoms with Gasteiger partial charge in [0.05, 0.1) is 17.4 Å². The number of rotatable bonds is 3. The Balaban J connectivity index is 2.09. The summed E-state index contributed by atoms with van der Waals surface area (Å²) in [5.74, 6) is -7.74. The Morgan fingerprint density at radius 1 is 0.808 bits per heavy atom. The summed E-state index contributed by atoms with van der Waals surface area (Å²) in [7, 11) is 0. The van der Waals surface area contributed by atoms with Crippen LogP contribution < -0.4 is 4.74 Å². The third-order valence-electron chi connectivity index (χ3n) is 3.35. The van der Waals surface area contributed by atoms with Crippen LogP contribution in [0.2, 0.25) is 0 Å². The molecule has 0 bridgehead atoms. The smallest absolute Gasteiger partial charge is 0.416 e. The molecular weight excluding hydrogens is 369 g/mol. The minimum Gasteiger partial charge on any atom is -0.464 e. The minimum absolute atomic E-state index is 0.00775. The Morgan fingerprint density at radius 2 is 1.42 bits per heavy atom. The molecular formula is C17H7F7O2. The van der Waals surface area contributed by atoms with Gasteiger partial charge in [-0.3, -0.25) is 0 Å². The van der Waals surface area contributed by atoms with Gasteiger partial charge in [0.25, 0.3) is 0 Å². The Kier molecular flexibility index (Phi) is 4.39. The van der Waals surface area contributed by atoms with Crippen molar-refractivity contribution in [3.63, 3.8) is 0 Å². The predicted molar refractivity (Wildman–Crippen MR) is 75.5 cm³/mol. The van der Waals surface area contributed by atoms with Crippen LogP contribution >= 0.6 is 0 Å². The van der Waals surface area contributed by atoms with Crippen LogP contribution in [0.15, 0.2) is 47.1 Å². The van der Waals surface area contributed by atoms with Crippen LogP contribution in [0.3, 0.4) is 0 Å². The van der Waals surface area contributed by atoms with Gasteiger partial charge in [0.2, 0.25) is 0 Å². The zero-order valence-corrected chi connectivity index (χ0v) is 12.5. The molecule has 3 aromatic rings. The van der Waals surface area contributed by atoms with Crippen molar-refractivity contribution >= 4 is 0 Å². The third kappa shape index (κ3) is 3.37. The largest absolute Gasteiger partial charge is 0.464 e. The molecule has 2 nitrogen and oxygen atoms in total. The van der Waals surface area contributed by atoms with Crippen LogP contribution in [-0.2, 0) is 6.18 Å². The number of halogens is 7. The highest BCUT2D eigenvalue weighted by atomic mass is 19.4. The van der Waals surface area contributed by atoms with Crippen molar-refractivity contribution in [1.82, 2.24) is 0 Å². The number of alkyl halides is 3. The number of ether oxygens (including phenoxy) is 1. The molecule has 0 aliphatic carbocycles. The highest BCUT2D eigenvalue weighted by Crippen LogP contribution is 2.39. The molecule has 1 heterocycles.